The number of benzene rings is 6. The van der Waals surface area contributed by atoms with Crippen molar-refractivity contribution >= 4 is 39.9 Å². The second-order valence-corrected chi connectivity index (χ2v) is 14.3. The molecule has 0 unspecified atom stereocenters. The topological polar surface area (TPSA) is 26.0 Å². The van der Waals surface area contributed by atoms with Crippen molar-refractivity contribution in [2.45, 2.75) is 94.9 Å². The van der Waals surface area contributed by atoms with Crippen LogP contribution in [0.15, 0.2) is 95.9 Å². The number of rotatable bonds is 1. The molecule has 0 amide bonds. The lowest BCUT2D eigenvalue weighted by Gasteiger charge is -2.19. The minimum absolute atomic E-state index is 0.905. The van der Waals surface area contributed by atoms with E-state index >= 15 is 0 Å². The predicted molar refractivity (Wildman–Crippen MR) is 224 cm³/mol. The van der Waals surface area contributed by atoms with E-state index in [1.807, 2.05) is 27.7 Å². The van der Waals surface area contributed by atoms with Crippen molar-refractivity contribution in [2.24, 2.45) is 0 Å². The monoisotopic (exact) mass is 667 g/mol. The first kappa shape index (κ1) is 39.2. The number of fused-ring (bicyclic) bond motifs is 2. The minimum Gasteiger partial charge on any atom is -0.398 e. The molecule has 2 N–H and O–H groups in total. The highest BCUT2D eigenvalue weighted by molar-refractivity contribution is 7.80. The number of nitrogens with two attached hydrogens (primary N) is 1. The summed E-state index contributed by atoms with van der Waals surface area (Å²) < 4.78 is 0. The van der Waals surface area contributed by atoms with Crippen molar-refractivity contribution in [3.63, 3.8) is 0 Å². The third kappa shape index (κ3) is 9.46. The Labute approximate surface area is 302 Å². The van der Waals surface area contributed by atoms with E-state index in [1.54, 1.807) is 0 Å². The van der Waals surface area contributed by atoms with Crippen molar-refractivity contribution in [1.82, 2.24) is 0 Å². The Morgan fingerprint density at radius 1 is 0.469 bits per heavy atom. The number of allylic oxidation sites excluding steroid dienone is 1. The summed E-state index contributed by atoms with van der Waals surface area (Å²) in [6, 6.07) is 28.4. The van der Waals surface area contributed by atoms with Crippen LogP contribution in [-0.2, 0) is 0 Å². The highest BCUT2D eigenvalue weighted by Gasteiger charge is 2.14. The Balaban J connectivity index is 0.000000203. The molecule has 256 valence electrons. The number of hydrogen-bond donors (Lipinski definition) is 2. The molecule has 0 saturated carbocycles. The summed E-state index contributed by atoms with van der Waals surface area (Å²) in [4.78, 5) is 1.07. The quantitative estimate of drug-likeness (QED) is 0.102. The standard InChI is InChI=1S/C22H24.C11H10.C10H15NS.C4H8/c1-13-7-8-20-12-21(10-9-19(20)11-13)22-17(5)15(3)14(2)16(4)18(22)6;1-9-6-7-10-4-2-3-5-11(10)8-9;1-5-7(3)10(12)8(4)6(2)9(5)11;1-4(2)3/h7-12H,1-6H3;2-8H,1H3;12H,11H2,1-4H3;1H2,2-3H3. The van der Waals surface area contributed by atoms with Gasteiger partial charge in [-0.25, -0.2) is 0 Å². The van der Waals surface area contributed by atoms with E-state index in [9.17, 15) is 0 Å². The predicted octanol–water partition coefficient (Wildman–Crippen LogP) is 13.9. The Morgan fingerprint density at radius 3 is 1.33 bits per heavy atom. The van der Waals surface area contributed by atoms with Gasteiger partial charge in [-0.2, -0.15) is 0 Å². The van der Waals surface area contributed by atoms with Gasteiger partial charge in [-0.3, -0.25) is 0 Å². The molecular formula is C47H57NS. The molecule has 0 atom stereocenters. The van der Waals surface area contributed by atoms with Gasteiger partial charge in [0.25, 0.3) is 0 Å². The SMILES string of the molecule is C=C(C)C.Cc1c(C)c(S)c(C)c(C)c1N.Cc1ccc2cc(-c3c(C)c(C)c(C)c(C)c3C)ccc2c1.Cc1ccc2ccccc2c1. The third-order valence-electron chi connectivity index (χ3n) is 9.83. The third-order valence-corrected chi connectivity index (χ3v) is 10.5. The van der Waals surface area contributed by atoms with E-state index in [-0.39, 0.29) is 0 Å². The Hall–Kier alpha value is -4.27. The van der Waals surface area contributed by atoms with E-state index in [2.05, 4.69) is 160 Å². The van der Waals surface area contributed by atoms with Crippen molar-refractivity contribution in [1.29, 1.82) is 0 Å². The molecule has 0 radical (unpaired) electrons. The minimum atomic E-state index is 0.905. The number of nitrogen functional groups attached to an aromatic ring is 1. The van der Waals surface area contributed by atoms with E-state index in [0.717, 1.165) is 21.7 Å². The molecule has 1 nitrogen and oxygen atoms in total. The summed E-state index contributed by atoms with van der Waals surface area (Å²) in [6.45, 7) is 31.2. The fraction of sp³-hybridized carbons (Fsp3) is 0.277. The van der Waals surface area contributed by atoms with Gasteiger partial charge < -0.3 is 5.73 Å². The number of thiol groups is 1. The van der Waals surface area contributed by atoms with Gasteiger partial charge in [0.05, 0.1) is 0 Å². The maximum atomic E-state index is 5.92. The molecule has 6 aromatic rings. The Morgan fingerprint density at radius 2 is 0.837 bits per heavy atom. The summed E-state index contributed by atoms with van der Waals surface area (Å²) in [5, 5.41) is 5.28. The summed E-state index contributed by atoms with van der Waals surface area (Å²) in [6.07, 6.45) is 0. The van der Waals surface area contributed by atoms with Gasteiger partial charge in [0.2, 0.25) is 0 Å². The van der Waals surface area contributed by atoms with Crippen molar-refractivity contribution in [3.8, 4) is 11.1 Å². The van der Waals surface area contributed by atoms with Crippen LogP contribution in [0.25, 0.3) is 32.7 Å². The molecule has 2 heteroatoms. The van der Waals surface area contributed by atoms with Crippen molar-refractivity contribution in [2.75, 3.05) is 5.73 Å². The van der Waals surface area contributed by atoms with Crippen LogP contribution in [0.1, 0.15) is 75.0 Å². The van der Waals surface area contributed by atoms with Crippen LogP contribution >= 0.6 is 12.6 Å². The van der Waals surface area contributed by atoms with Gasteiger partial charge in [-0.1, -0.05) is 89.5 Å². The molecule has 0 aromatic heterocycles. The van der Waals surface area contributed by atoms with Crippen LogP contribution in [0, 0.1) is 76.2 Å². The number of aryl methyl sites for hydroxylation is 2. The second kappa shape index (κ2) is 16.9. The molecule has 0 saturated heterocycles. The van der Waals surface area contributed by atoms with Crippen LogP contribution in [0.3, 0.4) is 0 Å². The van der Waals surface area contributed by atoms with Gasteiger partial charge in [0.15, 0.2) is 0 Å². The van der Waals surface area contributed by atoms with Crippen molar-refractivity contribution in [3.05, 3.63) is 152 Å². The average molecular weight is 668 g/mol. The van der Waals surface area contributed by atoms with E-state index < -0.39 is 0 Å². The maximum Gasteiger partial charge on any atom is 0.0379 e. The first-order valence-corrected chi connectivity index (χ1v) is 17.6. The van der Waals surface area contributed by atoms with E-state index in [4.69, 9.17) is 5.73 Å². The van der Waals surface area contributed by atoms with Gasteiger partial charge in [-0.15, -0.1) is 19.2 Å². The molecule has 6 rings (SSSR count). The molecule has 0 fully saturated rings. The van der Waals surface area contributed by atoms with Crippen LogP contribution in [0.5, 0.6) is 0 Å². The lowest BCUT2D eigenvalue weighted by Crippen LogP contribution is -2.00. The van der Waals surface area contributed by atoms with Crippen LogP contribution < -0.4 is 5.73 Å². The van der Waals surface area contributed by atoms with E-state index in [1.165, 1.54) is 88.3 Å². The number of hydrogen-bond acceptors (Lipinski definition) is 2. The Kier molecular flexibility index (Phi) is 13.5. The second-order valence-electron chi connectivity index (χ2n) is 13.9. The normalized spacial score (nSPS) is 10.4. The van der Waals surface area contributed by atoms with E-state index in [0.29, 0.717) is 0 Å². The summed E-state index contributed by atoms with van der Waals surface area (Å²) in [5.74, 6) is 0. The summed E-state index contributed by atoms with van der Waals surface area (Å²) in [5.41, 5.74) is 25.1. The first-order valence-electron chi connectivity index (χ1n) is 17.2. The van der Waals surface area contributed by atoms with Crippen LogP contribution in [-0.4, -0.2) is 0 Å². The maximum absolute atomic E-state index is 5.92. The van der Waals surface area contributed by atoms with Crippen molar-refractivity contribution < 1.29 is 0 Å². The molecular weight excluding hydrogens is 611 g/mol. The highest BCUT2D eigenvalue weighted by atomic mass is 32.1. The zero-order chi connectivity index (χ0) is 36.7. The molecule has 0 bridgehead atoms. The number of anilines is 1. The molecule has 0 heterocycles. The summed E-state index contributed by atoms with van der Waals surface area (Å²) in [7, 11) is 0. The first-order chi connectivity index (χ1) is 23.0. The lowest BCUT2D eigenvalue weighted by molar-refractivity contribution is 1.14. The van der Waals surface area contributed by atoms with Gasteiger partial charge in [0, 0.05) is 10.6 Å². The highest BCUT2D eigenvalue weighted by Crippen LogP contribution is 2.35. The zero-order valence-corrected chi connectivity index (χ0v) is 33.1. The average Bonchev–Trinajstić information content (AvgIpc) is 3.07. The Bertz CT molecular complexity index is 1990. The zero-order valence-electron chi connectivity index (χ0n) is 32.2. The molecule has 0 spiro atoms. The van der Waals surface area contributed by atoms with Gasteiger partial charge in [-0.05, 0) is 179 Å². The van der Waals surface area contributed by atoms with Crippen LogP contribution in [0.4, 0.5) is 5.69 Å². The molecule has 49 heavy (non-hydrogen) atoms. The molecule has 6 aromatic carbocycles. The fourth-order valence-electron chi connectivity index (χ4n) is 6.08. The molecule has 0 aliphatic carbocycles. The lowest BCUT2D eigenvalue weighted by atomic mass is 9.86. The largest absolute Gasteiger partial charge is 0.398 e. The van der Waals surface area contributed by atoms with Crippen LogP contribution in [0.2, 0.25) is 0 Å². The fourth-order valence-corrected chi connectivity index (χ4v) is 6.42. The van der Waals surface area contributed by atoms with Gasteiger partial charge >= 0.3 is 0 Å². The molecule has 0 aliphatic heterocycles. The smallest absolute Gasteiger partial charge is 0.0379 e. The molecule has 0 aliphatic rings. The van der Waals surface area contributed by atoms with Gasteiger partial charge in [0.1, 0.15) is 0 Å². The summed E-state index contributed by atoms with van der Waals surface area (Å²) >= 11 is 4.44.